The van der Waals surface area contributed by atoms with E-state index in [1.807, 2.05) is 12.1 Å². The first-order valence-corrected chi connectivity index (χ1v) is 6.60. The number of hydrogen-bond acceptors (Lipinski definition) is 4. The molecule has 0 radical (unpaired) electrons. The highest BCUT2D eigenvalue weighted by Crippen LogP contribution is 2.37. The quantitative estimate of drug-likeness (QED) is 0.654. The van der Waals surface area contributed by atoms with E-state index in [4.69, 9.17) is 5.73 Å². The van der Waals surface area contributed by atoms with Crippen molar-refractivity contribution in [1.82, 2.24) is 0 Å². The summed E-state index contributed by atoms with van der Waals surface area (Å²) in [6, 6.07) is 12.7. The van der Waals surface area contributed by atoms with Crippen molar-refractivity contribution in [2.24, 2.45) is 5.73 Å². The molecule has 1 aliphatic heterocycles. The summed E-state index contributed by atoms with van der Waals surface area (Å²) in [6.07, 6.45) is 0. The van der Waals surface area contributed by atoms with E-state index in [-0.39, 0.29) is 16.9 Å². The molecule has 1 amide bonds. The van der Waals surface area contributed by atoms with Gasteiger partial charge >= 0.3 is 11.4 Å². The SMILES string of the molecule is CC1=C(C#N)[C@H](c2ccccc2)C(C)=[N+]([O-])[C@]1(C#N)C(N)=O. The monoisotopic (exact) mass is 294 g/mol. The average molecular weight is 294 g/mol. The predicted octanol–water partition coefficient (Wildman–Crippen LogP) is 1.34. The molecule has 1 heterocycles. The van der Waals surface area contributed by atoms with Gasteiger partial charge in [0.05, 0.1) is 11.6 Å². The van der Waals surface area contributed by atoms with Crippen molar-refractivity contribution in [2.75, 3.05) is 0 Å². The first-order chi connectivity index (χ1) is 10.4. The van der Waals surface area contributed by atoms with Crippen LogP contribution in [0.15, 0.2) is 41.5 Å². The van der Waals surface area contributed by atoms with Gasteiger partial charge in [-0.2, -0.15) is 15.3 Å². The second-order valence-corrected chi connectivity index (χ2v) is 5.12. The van der Waals surface area contributed by atoms with E-state index in [0.717, 1.165) is 5.56 Å². The Labute approximate surface area is 128 Å². The summed E-state index contributed by atoms with van der Waals surface area (Å²) >= 11 is 0. The molecule has 6 heteroatoms. The fourth-order valence-corrected chi connectivity index (χ4v) is 2.83. The van der Waals surface area contributed by atoms with Crippen molar-refractivity contribution < 1.29 is 9.53 Å². The lowest BCUT2D eigenvalue weighted by atomic mass is 9.76. The zero-order valence-electron chi connectivity index (χ0n) is 12.2. The van der Waals surface area contributed by atoms with Gasteiger partial charge in [0.15, 0.2) is 11.8 Å². The topological polar surface area (TPSA) is 117 Å². The van der Waals surface area contributed by atoms with Crippen molar-refractivity contribution in [2.45, 2.75) is 25.3 Å². The minimum atomic E-state index is -2.17. The smallest absolute Gasteiger partial charge is 0.358 e. The van der Waals surface area contributed by atoms with Gasteiger partial charge in [0, 0.05) is 12.5 Å². The molecule has 0 spiro atoms. The number of primary amides is 1. The maximum absolute atomic E-state index is 12.6. The largest absolute Gasteiger partial charge is 0.622 e. The zero-order chi connectivity index (χ0) is 16.5. The summed E-state index contributed by atoms with van der Waals surface area (Å²) in [6.45, 7) is 2.93. The highest BCUT2D eigenvalue weighted by molar-refractivity contribution is 5.97. The van der Waals surface area contributed by atoms with Gasteiger partial charge in [-0.05, 0) is 12.5 Å². The van der Waals surface area contributed by atoms with Gasteiger partial charge in [-0.1, -0.05) is 30.3 Å². The van der Waals surface area contributed by atoms with E-state index in [2.05, 4.69) is 0 Å². The van der Waals surface area contributed by atoms with Gasteiger partial charge in [0.25, 0.3) is 0 Å². The summed E-state index contributed by atoms with van der Waals surface area (Å²) in [7, 11) is 0. The maximum atomic E-state index is 12.6. The highest BCUT2D eigenvalue weighted by Gasteiger charge is 2.55. The molecule has 0 aliphatic carbocycles. The van der Waals surface area contributed by atoms with E-state index in [9.17, 15) is 20.5 Å². The van der Waals surface area contributed by atoms with Gasteiger partial charge in [-0.15, -0.1) is 0 Å². The Bertz CT molecular complexity index is 781. The van der Waals surface area contributed by atoms with Gasteiger partial charge in [0.1, 0.15) is 5.92 Å². The van der Waals surface area contributed by atoms with Crippen molar-refractivity contribution in [3.63, 3.8) is 0 Å². The second-order valence-electron chi connectivity index (χ2n) is 5.12. The number of hydroxylamine groups is 1. The van der Waals surface area contributed by atoms with Gasteiger partial charge in [-0.25, -0.2) is 0 Å². The number of amides is 1. The summed E-state index contributed by atoms with van der Waals surface area (Å²) in [5.41, 5.74) is 4.35. The van der Waals surface area contributed by atoms with Crippen LogP contribution < -0.4 is 5.73 Å². The van der Waals surface area contributed by atoms with Crippen LogP contribution in [0.2, 0.25) is 0 Å². The lowest BCUT2D eigenvalue weighted by Crippen LogP contribution is -2.56. The van der Waals surface area contributed by atoms with Crippen molar-refractivity contribution in [3.05, 3.63) is 52.2 Å². The van der Waals surface area contributed by atoms with Crippen molar-refractivity contribution >= 4 is 11.6 Å². The van der Waals surface area contributed by atoms with Crippen LogP contribution in [0.4, 0.5) is 0 Å². The zero-order valence-corrected chi connectivity index (χ0v) is 12.2. The number of benzene rings is 1. The minimum Gasteiger partial charge on any atom is -0.622 e. The third kappa shape index (κ3) is 1.86. The molecule has 0 bridgehead atoms. The Kier molecular flexibility index (Phi) is 3.71. The first kappa shape index (κ1) is 15.3. The summed E-state index contributed by atoms with van der Waals surface area (Å²) in [5, 5.41) is 31.5. The number of nitrogens with zero attached hydrogens (tertiary/aromatic N) is 3. The average Bonchev–Trinajstić information content (AvgIpc) is 2.52. The molecule has 1 aliphatic rings. The third-order valence-corrected chi connectivity index (χ3v) is 4.05. The molecule has 0 aromatic heterocycles. The van der Waals surface area contributed by atoms with Crippen LogP contribution in [0.1, 0.15) is 25.3 Å². The third-order valence-electron chi connectivity index (χ3n) is 4.05. The number of carbonyl (C=O) groups is 1. The molecule has 1 aromatic rings. The normalized spacial score (nSPS) is 24.6. The summed E-state index contributed by atoms with van der Waals surface area (Å²) < 4.78 is 0.336. The van der Waals surface area contributed by atoms with Crippen LogP contribution >= 0.6 is 0 Å². The lowest BCUT2D eigenvalue weighted by molar-refractivity contribution is -0.507. The molecule has 2 N–H and O–H groups in total. The number of nitriles is 2. The lowest BCUT2D eigenvalue weighted by Gasteiger charge is -2.32. The molecule has 1 aromatic carbocycles. The predicted molar refractivity (Wildman–Crippen MR) is 79.3 cm³/mol. The van der Waals surface area contributed by atoms with Crippen LogP contribution in [-0.4, -0.2) is 21.9 Å². The van der Waals surface area contributed by atoms with Crippen molar-refractivity contribution in [1.29, 1.82) is 10.5 Å². The fourth-order valence-electron chi connectivity index (χ4n) is 2.83. The van der Waals surface area contributed by atoms with E-state index in [0.29, 0.717) is 4.74 Å². The Hall–Kier alpha value is -3.12. The van der Waals surface area contributed by atoms with Crippen LogP contribution in [0.25, 0.3) is 0 Å². The molecule has 0 saturated heterocycles. The molecular weight excluding hydrogens is 280 g/mol. The maximum Gasteiger partial charge on any atom is 0.358 e. The van der Waals surface area contributed by atoms with Crippen LogP contribution in [0, 0.1) is 27.9 Å². The molecule has 22 heavy (non-hydrogen) atoms. The Balaban J connectivity index is 2.81. The molecule has 0 fully saturated rings. The van der Waals surface area contributed by atoms with E-state index in [1.54, 1.807) is 30.3 Å². The van der Waals surface area contributed by atoms with Crippen molar-refractivity contribution in [3.8, 4) is 12.1 Å². The Morgan fingerprint density at radius 2 is 1.91 bits per heavy atom. The molecule has 0 unspecified atom stereocenters. The van der Waals surface area contributed by atoms with E-state index >= 15 is 0 Å². The number of nitrogens with two attached hydrogens (primary N) is 1. The fraction of sp³-hybridized carbons (Fsp3) is 0.250. The molecule has 6 nitrogen and oxygen atoms in total. The number of carbonyl (C=O) groups excluding carboxylic acids is 1. The summed E-state index contributed by atoms with van der Waals surface area (Å²) in [4.78, 5) is 11.8. The van der Waals surface area contributed by atoms with E-state index < -0.39 is 17.4 Å². The highest BCUT2D eigenvalue weighted by atomic mass is 16.5. The number of rotatable bonds is 2. The minimum absolute atomic E-state index is 0.0828. The molecule has 110 valence electrons. The first-order valence-electron chi connectivity index (χ1n) is 6.60. The van der Waals surface area contributed by atoms with Crippen LogP contribution in [0.3, 0.4) is 0 Å². The number of hydrogen-bond donors (Lipinski definition) is 1. The Morgan fingerprint density at radius 1 is 1.32 bits per heavy atom. The van der Waals surface area contributed by atoms with E-state index in [1.165, 1.54) is 13.8 Å². The van der Waals surface area contributed by atoms with Gasteiger partial charge in [0.2, 0.25) is 0 Å². The van der Waals surface area contributed by atoms with Gasteiger partial charge in [-0.3, -0.25) is 4.79 Å². The standard InChI is InChI=1S/C16H14N4O2/c1-10-13(8-17)14(12-6-4-3-5-7-12)11(2)20(22)16(10,9-18)15(19)21/h3-7,14H,1-2H3,(H2,19,21)/t14-,16-/m0/s1. The molecule has 2 rings (SSSR count). The van der Waals surface area contributed by atoms with Gasteiger partial charge < -0.3 is 10.9 Å². The molecule has 2 atom stereocenters. The molecular formula is C16H14N4O2. The van der Waals surface area contributed by atoms with Crippen LogP contribution in [-0.2, 0) is 4.79 Å². The summed E-state index contributed by atoms with van der Waals surface area (Å²) in [5.74, 6) is -1.68. The second kappa shape index (κ2) is 5.34. The molecule has 0 saturated carbocycles. The Morgan fingerprint density at radius 3 is 2.36 bits per heavy atom. The number of allylic oxidation sites excluding steroid dienone is 1. The van der Waals surface area contributed by atoms with Crippen LogP contribution in [0.5, 0.6) is 0 Å².